The van der Waals surface area contributed by atoms with Crippen LogP contribution in [0.2, 0.25) is 13.1 Å². The van der Waals surface area contributed by atoms with Gasteiger partial charge in [-0.3, -0.25) is 9.59 Å². The van der Waals surface area contributed by atoms with E-state index in [0.717, 1.165) is 16.7 Å². The SMILES string of the molecule is C[B]CC(=O)c1ccc(-c2ccc(C(=O)CBr)cc2)cc1. The van der Waals surface area contributed by atoms with Crippen molar-refractivity contribution in [2.45, 2.75) is 13.1 Å². The van der Waals surface area contributed by atoms with Crippen LogP contribution in [-0.4, -0.2) is 24.2 Å². The Morgan fingerprint density at radius 2 is 1.29 bits per heavy atom. The van der Waals surface area contributed by atoms with Crippen LogP contribution >= 0.6 is 15.9 Å². The van der Waals surface area contributed by atoms with Crippen molar-refractivity contribution >= 4 is 34.8 Å². The molecule has 0 aliphatic carbocycles. The minimum Gasteiger partial charge on any atom is -0.295 e. The highest BCUT2D eigenvalue weighted by molar-refractivity contribution is 9.09. The van der Waals surface area contributed by atoms with Gasteiger partial charge in [-0.1, -0.05) is 71.3 Å². The van der Waals surface area contributed by atoms with Gasteiger partial charge >= 0.3 is 0 Å². The van der Waals surface area contributed by atoms with Crippen molar-refractivity contribution in [3.05, 3.63) is 59.7 Å². The molecule has 0 N–H and O–H groups in total. The molecule has 0 amide bonds. The first kappa shape index (κ1) is 15.7. The van der Waals surface area contributed by atoms with Gasteiger partial charge in [-0.15, -0.1) is 0 Å². The van der Waals surface area contributed by atoms with Crippen LogP contribution in [0, 0.1) is 0 Å². The molecule has 2 nitrogen and oxygen atoms in total. The van der Waals surface area contributed by atoms with Crippen molar-refractivity contribution in [3.8, 4) is 11.1 Å². The lowest BCUT2D eigenvalue weighted by Crippen LogP contribution is -2.00. The summed E-state index contributed by atoms with van der Waals surface area (Å²) in [5.41, 5.74) is 3.48. The van der Waals surface area contributed by atoms with Crippen molar-refractivity contribution in [1.29, 1.82) is 0 Å². The minimum absolute atomic E-state index is 0.0679. The van der Waals surface area contributed by atoms with Gasteiger partial charge in [0, 0.05) is 11.1 Å². The molecule has 0 saturated heterocycles. The van der Waals surface area contributed by atoms with E-state index >= 15 is 0 Å². The average molecular weight is 342 g/mol. The molecule has 0 heterocycles. The fraction of sp³-hybridized carbons (Fsp3) is 0.176. The van der Waals surface area contributed by atoms with Gasteiger partial charge in [0.15, 0.2) is 11.6 Å². The molecular weight excluding hydrogens is 327 g/mol. The summed E-state index contributed by atoms with van der Waals surface area (Å²) in [7, 11) is 1.86. The van der Waals surface area contributed by atoms with E-state index in [0.29, 0.717) is 17.2 Å². The molecular formula is C17H15BBrO2. The molecule has 2 rings (SSSR count). The predicted molar refractivity (Wildman–Crippen MR) is 90.8 cm³/mol. The largest absolute Gasteiger partial charge is 0.295 e. The van der Waals surface area contributed by atoms with E-state index in [-0.39, 0.29) is 11.6 Å². The monoisotopic (exact) mass is 341 g/mol. The average Bonchev–Trinajstić information content (AvgIpc) is 2.54. The van der Waals surface area contributed by atoms with E-state index < -0.39 is 0 Å². The molecule has 2 aromatic carbocycles. The van der Waals surface area contributed by atoms with Gasteiger partial charge in [-0.05, 0) is 17.4 Å². The maximum absolute atomic E-state index is 11.8. The maximum Gasteiger partial charge on any atom is 0.173 e. The molecule has 0 aromatic heterocycles. The summed E-state index contributed by atoms with van der Waals surface area (Å²) in [4.78, 5) is 23.3. The summed E-state index contributed by atoms with van der Waals surface area (Å²) in [6, 6.07) is 15.1. The Kier molecular flexibility index (Phi) is 5.51. The standard InChI is InChI=1S/C17H15BBrO2/c1-18-10-16(20)14-6-2-12(3-7-14)13-4-8-15(9-5-13)17(21)11-19/h2-9H,10-11H2,1H3. The number of Topliss-reactive ketones (excluding diaryl/α,β-unsaturated/α-hetero) is 2. The lowest BCUT2D eigenvalue weighted by molar-refractivity contribution is 0.101. The van der Waals surface area contributed by atoms with Gasteiger partial charge in [-0.2, -0.15) is 0 Å². The van der Waals surface area contributed by atoms with E-state index in [1.54, 1.807) is 0 Å². The molecule has 0 saturated carbocycles. The third kappa shape index (κ3) is 3.91. The van der Waals surface area contributed by atoms with Gasteiger partial charge in [-0.25, -0.2) is 0 Å². The molecule has 0 fully saturated rings. The van der Waals surface area contributed by atoms with Crippen LogP contribution in [0.1, 0.15) is 20.7 Å². The van der Waals surface area contributed by atoms with Crippen molar-refractivity contribution in [2.75, 3.05) is 5.33 Å². The van der Waals surface area contributed by atoms with Crippen LogP contribution in [0.5, 0.6) is 0 Å². The van der Waals surface area contributed by atoms with Crippen molar-refractivity contribution < 1.29 is 9.59 Å². The van der Waals surface area contributed by atoms with E-state index in [4.69, 9.17) is 0 Å². The Morgan fingerprint density at radius 1 is 0.857 bits per heavy atom. The normalized spacial score (nSPS) is 10.2. The zero-order valence-electron chi connectivity index (χ0n) is 11.8. The number of carbonyl (C=O) groups excluding carboxylic acids is 2. The molecule has 4 heteroatoms. The highest BCUT2D eigenvalue weighted by Crippen LogP contribution is 2.21. The third-order valence-electron chi connectivity index (χ3n) is 3.26. The Morgan fingerprint density at radius 3 is 1.67 bits per heavy atom. The van der Waals surface area contributed by atoms with Gasteiger partial charge in [0.25, 0.3) is 0 Å². The second kappa shape index (κ2) is 7.37. The Balaban J connectivity index is 2.19. The molecule has 0 spiro atoms. The van der Waals surface area contributed by atoms with E-state index in [9.17, 15) is 9.59 Å². The van der Waals surface area contributed by atoms with Crippen LogP contribution in [0.15, 0.2) is 48.5 Å². The Labute approximate surface area is 133 Å². The molecule has 105 valence electrons. The predicted octanol–water partition coefficient (Wildman–Crippen LogP) is 4.28. The van der Waals surface area contributed by atoms with Crippen LogP contribution in [-0.2, 0) is 0 Å². The fourth-order valence-electron chi connectivity index (χ4n) is 2.08. The zero-order chi connectivity index (χ0) is 15.2. The Bertz CT molecular complexity index is 633. The first-order chi connectivity index (χ1) is 10.2. The van der Waals surface area contributed by atoms with Gasteiger partial charge < -0.3 is 0 Å². The van der Waals surface area contributed by atoms with Gasteiger partial charge in [0.05, 0.1) is 5.33 Å². The Hall–Kier alpha value is -1.68. The number of hydrogen-bond acceptors (Lipinski definition) is 2. The van der Waals surface area contributed by atoms with Crippen molar-refractivity contribution in [3.63, 3.8) is 0 Å². The minimum atomic E-state index is 0.0679. The second-order valence-corrected chi connectivity index (χ2v) is 5.31. The van der Waals surface area contributed by atoms with Crippen LogP contribution in [0.25, 0.3) is 11.1 Å². The summed E-state index contributed by atoms with van der Waals surface area (Å²) < 4.78 is 0. The number of benzene rings is 2. The van der Waals surface area contributed by atoms with Crippen molar-refractivity contribution in [2.24, 2.45) is 0 Å². The zero-order valence-corrected chi connectivity index (χ0v) is 13.4. The summed E-state index contributed by atoms with van der Waals surface area (Å²) in [6.45, 7) is 1.88. The van der Waals surface area contributed by atoms with E-state index in [1.165, 1.54) is 0 Å². The maximum atomic E-state index is 11.8. The molecule has 0 aliphatic rings. The number of alkyl halides is 1. The van der Waals surface area contributed by atoms with E-state index in [1.807, 2.05) is 62.6 Å². The smallest absolute Gasteiger partial charge is 0.173 e. The van der Waals surface area contributed by atoms with Gasteiger partial charge in [0.2, 0.25) is 0 Å². The molecule has 2 aromatic rings. The summed E-state index contributed by atoms with van der Waals surface area (Å²) >= 11 is 3.17. The molecule has 0 bridgehead atoms. The number of ketones is 2. The number of halogens is 1. The topological polar surface area (TPSA) is 34.1 Å². The quantitative estimate of drug-likeness (QED) is 0.446. The highest BCUT2D eigenvalue weighted by Gasteiger charge is 2.06. The first-order valence-electron chi connectivity index (χ1n) is 6.76. The molecule has 1 radical (unpaired) electrons. The summed E-state index contributed by atoms with van der Waals surface area (Å²) in [5, 5.41) is 0.331. The van der Waals surface area contributed by atoms with Crippen LogP contribution < -0.4 is 0 Å². The van der Waals surface area contributed by atoms with E-state index in [2.05, 4.69) is 15.9 Å². The highest BCUT2D eigenvalue weighted by atomic mass is 79.9. The van der Waals surface area contributed by atoms with Crippen LogP contribution in [0.4, 0.5) is 0 Å². The molecule has 21 heavy (non-hydrogen) atoms. The number of rotatable bonds is 6. The second-order valence-electron chi connectivity index (χ2n) is 4.75. The third-order valence-corrected chi connectivity index (χ3v) is 3.77. The summed E-state index contributed by atoms with van der Waals surface area (Å²) in [5.74, 6) is 0.195. The van der Waals surface area contributed by atoms with Crippen molar-refractivity contribution in [1.82, 2.24) is 0 Å². The van der Waals surface area contributed by atoms with Gasteiger partial charge in [0.1, 0.15) is 7.28 Å². The fourth-order valence-corrected chi connectivity index (χ4v) is 2.40. The number of hydrogen-bond donors (Lipinski definition) is 0. The lowest BCUT2D eigenvalue weighted by Gasteiger charge is -2.05. The molecule has 0 aliphatic heterocycles. The number of carbonyl (C=O) groups is 2. The first-order valence-corrected chi connectivity index (χ1v) is 7.88. The lowest BCUT2D eigenvalue weighted by atomic mass is 9.75. The van der Waals surface area contributed by atoms with Crippen LogP contribution in [0.3, 0.4) is 0 Å². The molecule has 0 unspecified atom stereocenters. The summed E-state index contributed by atoms with van der Waals surface area (Å²) in [6.07, 6.45) is 0.461. The molecule has 0 atom stereocenters.